The first-order chi connectivity index (χ1) is 9.31. The summed E-state index contributed by atoms with van der Waals surface area (Å²) in [5.74, 6) is 1.04. The van der Waals surface area contributed by atoms with E-state index in [1.54, 1.807) is 0 Å². The molecule has 0 amide bonds. The monoisotopic (exact) mass is 258 g/mol. The lowest BCUT2D eigenvalue weighted by molar-refractivity contribution is 0.0979. The van der Waals surface area contributed by atoms with Gasteiger partial charge in [-0.3, -0.25) is 4.79 Å². The zero-order valence-electron chi connectivity index (χ0n) is 12.2. The minimum absolute atomic E-state index is 0.309. The van der Waals surface area contributed by atoms with Crippen LogP contribution in [-0.4, -0.2) is 5.78 Å². The molecule has 19 heavy (non-hydrogen) atoms. The van der Waals surface area contributed by atoms with Gasteiger partial charge in [0.25, 0.3) is 0 Å². The van der Waals surface area contributed by atoms with E-state index in [1.807, 2.05) is 12.1 Å². The van der Waals surface area contributed by atoms with E-state index in [9.17, 15) is 4.79 Å². The minimum atomic E-state index is 0.309. The molecule has 1 nitrogen and oxygen atoms in total. The van der Waals surface area contributed by atoms with E-state index in [2.05, 4.69) is 19.1 Å². The maximum absolute atomic E-state index is 12.0. The molecule has 0 aromatic heterocycles. The Morgan fingerprint density at radius 1 is 1.05 bits per heavy atom. The standard InChI is InChI=1S/C18H26O/c1-2-3-5-10-18(19)17-13-11-16(12-14-17)15-8-6-4-7-9-15/h11-15H,2-10H2,1H3. The molecule has 1 heteroatoms. The first-order valence-corrected chi connectivity index (χ1v) is 7.94. The molecule has 1 fully saturated rings. The van der Waals surface area contributed by atoms with E-state index in [0.717, 1.165) is 24.3 Å². The summed E-state index contributed by atoms with van der Waals surface area (Å²) in [6.07, 6.45) is 10.8. The van der Waals surface area contributed by atoms with Crippen molar-refractivity contribution in [3.8, 4) is 0 Å². The van der Waals surface area contributed by atoms with E-state index in [0.29, 0.717) is 12.2 Å². The zero-order valence-corrected chi connectivity index (χ0v) is 12.2. The van der Waals surface area contributed by atoms with Gasteiger partial charge in [0.1, 0.15) is 0 Å². The first-order valence-electron chi connectivity index (χ1n) is 7.94. The number of rotatable bonds is 6. The molecule has 1 saturated carbocycles. The minimum Gasteiger partial charge on any atom is -0.294 e. The van der Waals surface area contributed by atoms with E-state index in [4.69, 9.17) is 0 Å². The summed E-state index contributed by atoms with van der Waals surface area (Å²) in [5.41, 5.74) is 2.33. The van der Waals surface area contributed by atoms with Crippen molar-refractivity contribution >= 4 is 5.78 Å². The SMILES string of the molecule is CCCCCC(=O)c1ccc(C2CCCCC2)cc1. The molecular formula is C18H26O. The largest absolute Gasteiger partial charge is 0.294 e. The van der Waals surface area contributed by atoms with Crippen molar-refractivity contribution in [1.29, 1.82) is 0 Å². The Morgan fingerprint density at radius 2 is 1.74 bits per heavy atom. The third-order valence-electron chi connectivity index (χ3n) is 4.32. The van der Waals surface area contributed by atoms with Gasteiger partial charge in [-0.1, -0.05) is 63.3 Å². The van der Waals surface area contributed by atoms with Crippen LogP contribution in [0.1, 0.15) is 86.6 Å². The van der Waals surface area contributed by atoms with Gasteiger partial charge < -0.3 is 0 Å². The van der Waals surface area contributed by atoms with Crippen molar-refractivity contribution < 1.29 is 4.79 Å². The Bertz CT molecular complexity index is 385. The van der Waals surface area contributed by atoms with Gasteiger partial charge in [0, 0.05) is 12.0 Å². The van der Waals surface area contributed by atoms with Crippen molar-refractivity contribution in [2.24, 2.45) is 0 Å². The first kappa shape index (κ1) is 14.3. The number of carbonyl (C=O) groups excluding carboxylic acids is 1. The molecule has 104 valence electrons. The highest BCUT2D eigenvalue weighted by Gasteiger charge is 2.15. The predicted octanol–water partition coefficient (Wildman–Crippen LogP) is 5.50. The maximum atomic E-state index is 12.0. The summed E-state index contributed by atoms with van der Waals surface area (Å²) in [6, 6.07) is 8.45. The number of hydrogen-bond donors (Lipinski definition) is 0. The molecule has 1 aliphatic carbocycles. The van der Waals surface area contributed by atoms with Crippen LogP contribution in [0.5, 0.6) is 0 Å². The molecule has 0 aliphatic heterocycles. The summed E-state index contributed by atoms with van der Waals surface area (Å²) in [6.45, 7) is 2.17. The quantitative estimate of drug-likeness (QED) is 0.486. The fraction of sp³-hybridized carbons (Fsp3) is 0.611. The predicted molar refractivity (Wildman–Crippen MR) is 80.7 cm³/mol. The van der Waals surface area contributed by atoms with Crippen molar-refractivity contribution in [1.82, 2.24) is 0 Å². The summed E-state index contributed by atoms with van der Waals surface area (Å²) >= 11 is 0. The number of unbranched alkanes of at least 4 members (excludes halogenated alkanes) is 2. The second-order valence-electron chi connectivity index (χ2n) is 5.84. The topological polar surface area (TPSA) is 17.1 Å². The highest BCUT2D eigenvalue weighted by atomic mass is 16.1. The Hall–Kier alpha value is -1.11. The molecule has 0 N–H and O–H groups in total. The molecule has 0 radical (unpaired) electrons. The Morgan fingerprint density at radius 3 is 2.37 bits per heavy atom. The fourth-order valence-corrected chi connectivity index (χ4v) is 3.06. The van der Waals surface area contributed by atoms with E-state index < -0.39 is 0 Å². The van der Waals surface area contributed by atoms with Gasteiger partial charge in [0.05, 0.1) is 0 Å². The van der Waals surface area contributed by atoms with Gasteiger partial charge in [-0.25, -0.2) is 0 Å². The Labute approximate surface area is 117 Å². The van der Waals surface area contributed by atoms with Crippen LogP contribution in [0.2, 0.25) is 0 Å². The van der Waals surface area contributed by atoms with Crippen LogP contribution >= 0.6 is 0 Å². The summed E-state index contributed by atoms with van der Waals surface area (Å²) in [5, 5.41) is 0. The third-order valence-corrected chi connectivity index (χ3v) is 4.32. The van der Waals surface area contributed by atoms with Crippen LogP contribution in [-0.2, 0) is 0 Å². The molecule has 0 heterocycles. The molecule has 1 aromatic carbocycles. The van der Waals surface area contributed by atoms with Crippen LogP contribution in [0.4, 0.5) is 0 Å². The van der Waals surface area contributed by atoms with Crippen molar-refractivity contribution in [2.45, 2.75) is 70.6 Å². The van der Waals surface area contributed by atoms with Crippen LogP contribution in [0.3, 0.4) is 0 Å². The number of hydrogen-bond acceptors (Lipinski definition) is 1. The summed E-state index contributed by atoms with van der Waals surface area (Å²) < 4.78 is 0. The normalized spacial score (nSPS) is 16.5. The Balaban J connectivity index is 1.91. The number of Topliss-reactive ketones (excluding diaryl/α,β-unsaturated/α-hetero) is 1. The van der Waals surface area contributed by atoms with E-state index >= 15 is 0 Å². The molecular weight excluding hydrogens is 232 g/mol. The summed E-state index contributed by atoms with van der Waals surface area (Å²) in [4.78, 5) is 12.0. The molecule has 1 aromatic rings. The highest BCUT2D eigenvalue weighted by molar-refractivity contribution is 5.96. The van der Waals surface area contributed by atoms with Gasteiger partial charge in [-0.15, -0.1) is 0 Å². The van der Waals surface area contributed by atoms with Gasteiger partial charge in [0.15, 0.2) is 5.78 Å². The van der Waals surface area contributed by atoms with Crippen LogP contribution in [0, 0.1) is 0 Å². The second kappa shape index (κ2) is 7.47. The number of carbonyl (C=O) groups is 1. The second-order valence-corrected chi connectivity index (χ2v) is 5.84. The van der Waals surface area contributed by atoms with E-state index in [1.165, 1.54) is 44.1 Å². The lowest BCUT2D eigenvalue weighted by atomic mass is 9.84. The van der Waals surface area contributed by atoms with Gasteiger partial charge in [0.2, 0.25) is 0 Å². The molecule has 0 bridgehead atoms. The fourth-order valence-electron chi connectivity index (χ4n) is 3.06. The number of benzene rings is 1. The van der Waals surface area contributed by atoms with E-state index in [-0.39, 0.29) is 0 Å². The van der Waals surface area contributed by atoms with Gasteiger partial charge in [-0.2, -0.15) is 0 Å². The molecule has 1 aliphatic rings. The smallest absolute Gasteiger partial charge is 0.162 e. The Kier molecular flexibility index (Phi) is 5.62. The lowest BCUT2D eigenvalue weighted by Gasteiger charge is -2.22. The van der Waals surface area contributed by atoms with Gasteiger partial charge in [-0.05, 0) is 30.7 Å². The zero-order chi connectivity index (χ0) is 13.5. The van der Waals surface area contributed by atoms with Crippen LogP contribution in [0.25, 0.3) is 0 Å². The van der Waals surface area contributed by atoms with Crippen molar-refractivity contribution in [3.05, 3.63) is 35.4 Å². The molecule has 0 saturated heterocycles. The van der Waals surface area contributed by atoms with Crippen molar-refractivity contribution in [2.75, 3.05) is 0 Å². The van der Waals surface area contributed by atoms with Crippen molar-refractivity contribution in [3.63, 3.8) is 0 Å². The lowest BCUT2D eigenvalue weighted by Crippen LogP contribution is -2.05. The molecule has 0 unspecified atom stereocenters. The maximum Gasteiger partial charge on any atom is 0.162 e. The van der Waals surface area contributed by atoms with Crippen LogP contribution < -0.4 is 0 Å². The third kappa shape index (κ3) is 4.19. The van der Waals surface area contributed by atoms with Crippen LogP contribution in [0.15, 0.2) is 24.3 Å². The molecule has 0 spiro atoms. The van der Waals surface area contributed by atoms with Gasteiger partial charge >= 0.3 is 0 Å². The molecule has 0 atom stereocenters. The average molecular weight is 258 g/mol. The summed E-state index contributed by atoms with van der Waals surface area (Å²) in [7, 11) is 0. The highest BCUT2D eigenvalue weighted by Crippen LogP contribution is 2.32. The average Bonchev–Trinajstić information content (AvgIpc) is 2.48. The number of ketones is 1. The molecule has 2 rings (SSSR count).